The molecule has 9 heteroatoms. The van der Waals surface area contributed by atoms with Crippen molar-refractivity contribution in [1.29, 1.82) is 0 Å². The van der Waals surface area contributed by atoms with Gasteiger partial charge in [-0.3, -0.25) is 9.52 Å². The molecule has 1 saturated heterocycles. The average molecular weight is 603 g/mol. The smallest absolute Gasteiger partial charge is 0.262 e. The minimum Gasteiger partial charge on any atom is -0.333 e. The molecule has 6 nitrogen and oxygen atoms in total. The first-order valence-electron chi connectivity index (χ1n) is 13.5. The van der Waals surface area contributed by atoms with E-state index in [1.54, 1.807) is 36.4 Å². The highest BCUT2D eigenvalue weighted by Gasteiger charge is 2.24. The van der Waals surface area contributed by atoms with Gasteiger partial charge in [0, 0.05) is 30.9 Å². The van der Waals surface area contributed by atoms with Crippen molar-refractivity contribution in [1.82, 2.24) is 9.80 Å². The quantitative estimate of drug-likeness (QED) is 0.284. The van der Waals surface area contributed by atoms with Crippen LogP contribution in [0, 0.1) is 34.6 Å². The molecule has 1 amide bonds. The number of halogens is 2. The molecule has 0 aliphatic carbocycles. The fraction of sp³-hybridized carbons (Fsp3) is 0.387. The number of carbonyl (C=O) groups excluding carboxylic acids is 1. The lowest BCUT2D eigenvalue weighted by Gasteiger charge is -2.26. The van der Waals surface area contributed by atoms with Gasteiger partial charge in [-0.1, -0.05) is 29.3 Å². The van der Waals surface area contributed by atoms with Gasteiger partial charge in [0.1, 0.15) is 0 Å². The SMILES string of the molecule is Cc1c(C)c(C)c(S(=O)(=O)Nc2ccc(C(=O)N(CCN3CCCC3)Cc3ccc(Cl)c(Cl)c3)cc2)c(C)c1C. The number of nitrogens with zero attached hydrogens (tertiary/aromatic N) is 2. The number of rotatable bonds is 9. The highest BCUT2D eigenvalue weighted by molar-refractivity contribution is 7.92. The Morgan fingerprint density at radius 1 is 0.850 bits per heavy atom. The maximum absolute atomic E-state index is 13.6. The number of nitrogens with one attached hydrogen (secondary N) is 1. The molecule has 3 aromatic carbocycles. The minimum atomic E-state index is -3.83. The fourth-order valence-electron chi connectivity index (χ4n) is 5.32. The van der Waals surface area contributed by atoms with Gasteiger partial charge >= 0.3 is 0 Å². The molecule has 1 fully saturated rings. The second kappa shape index (κ2) is 12.5. The number of carbonyl (C=O) groups is 1. The summed E-state index contributed by atoms with van der Waals surface area (Å²) in [6.07, 6.45) is 2.36. The van der Waals surface area contributed by atoms with Crippen LogP contribution in [0.1, 0.15) is 56.6 Å². The molecule has 40 heavy (non-hydrogen) atoms. The van der Waals surface area contributed by atoms with Crippen molar-refractivity contribution in [2.24, 2.45) is 0 Å². The molecule has 0 bridgehead atoms. The zero-order valence-corrected chi connectivity index (χ0v) is 26.1. The van der Waals surface area contributed by atoms with E-state index in [0.717, 1.165) is 53.0 Å². The van der Waals surface area contributed by atoms with E-state index < -0.39 is 10.0 Å². The van der Waals surface area contributed by atoms with Crippen molar-refractivity contribution in [2.75, 3.05) is 30.9 Å². The van der Waals surface area contributed by atoms with E-state index in [1.807, 2.05) is 45.6 Å². The maximum atomic E-state index is 13.6. The number of anilines is 1. The molecule has 214 valence electrons. The fourth-order valence-corrected chi connectivity index (χ4v) is 7.30. The van der Waals surface area contributed by atoms with Crippen LogP contribution in [0.5, 0.6) is 0 Å². The lowest BCUT2D eigenvalue weighted by molar-refractivity contribution is 0.0727. The third-order valence-corrected chi connectivity index (χ3v) is 10.5. The standard InChI is InChI=1S/C31H37Cl2N3O3S/c1-20-21(2)23(4)30(24(5)22(20)3)40(38,39)34-27-11-9-26(10-12-27)31(37)36(17-16-35-14-6-7-15-35)19-25-8-13-28(32)29(33)18-25/h8-13,18,34H,6-7,14-17,19H2,1-5H3. The normalized spacial score (nSPS) is 14.0. The molecule has 0 radical (unpaired) electrons. The second-order valence-corrected chi connectivity index (χ2v) is 13.1. The molecular formula is C31H37Cl2N3O3S. The second-order valence-electron chi connectivity index (χ2n) is 10.7. The van der Waals surface area contributed by atoms with Gasteiger partial charge in [0.05, 0.1) is 14.9 Å². The lowest BCUT2D eigenvalue weighted by Crippen LogP contribution is -2.37. The van der Waals surface area contributed by atoms with E-state index in [4.69, 9.17) is 23.2 Å². The maximum Gasteiger partial charge on any atom is 0.262 e. The highest BCUT2D eigenvalue weighted by atomic mass is 35.5. The van der Waals surface area contributed by atoms with Crippen LogP contribution >= 0.6 is 23.2 Å². The number of benzene rings is 3. The van der Waals surface area contributed by atoms with Gasteiger partial charge in [-0.05, 0) is 130 Å². The van der Waals surface area contributed by atoms with Gasteiger partial charge in [-0.25, -0.2) is 8.42 Å². The lowest BCUT2D eigenvalue weighted by atomic mass is 9.95. The predicted octanol–water partition coefficient (Wildman–Crippen LogP) is 7.07. The van der Waals surface area contributed by atoms with Crippen LogP contribution < -0.4 is 4.72 Å². The molecule has 0 aromatic heterocycles. The van der Waals surface area contributed by atoms with Crippen molar-refractivity contribution in [3.8, 4) is 0 Å². The first kappa shape index (κ1) is 30.4. The number of hydrogen-bond acceptors (Lipinski definition) is 4. The Morgan fingerprint density at radius 2 is 1.43 bits per heavy atom. The van der Waals surface area contributed by atoms with Crippen molar-refractivity contribution >= 4 is 44.8 Å². The first-order valence-corrected chi connectivity index (χ1v) is 15.8. The monoisotopic (exact) mass is 601 g/mol. The molecule has 3 aromatic rings. The zero-order chi connectivity index (χ0) is 29.2. The molecule has 0 atom stereocenters. The topological polar surface area (TPSA) is 69.7 Å². The van der Waals surface area contributed by atoms with Gasteiger partial charge in [-0.2, -0.15) is 0 Å². The molecular weight excluding hydrogens is 565 g/mol. The van der Waals surface area contributed by atoms with E-state index >= 15 is 0 Å². The third-order valence-electron chi connectivity index (χ3n) is 8.11. The molecule has 1 aliphatic rings. The highest BCUT2D eigenvalue weighted by Crippen LogP contribution is 2.31. The van der Waals surface area contributed by atoms with Crippen LogP contribution in [0.2, 0.25) is 10.0 Å². The largest absolute Gasteiger partial charge is 0.333 e. The molecule has 1 heterocycles. The Labute approximate surface area is 248 Å². The van der Waals surface area contributed by atoms with Gasteiger partial charge < -0.3 is 9.80 Å². The van der Waals surface area contributed by atoms with Crippen LogP contribution in [-0.4, -0.2) is 50.3 Å². The number of sulfonamides is 1. The predicted molar refractivity (Wildman–Crippen MR) is 164 cm³/mol. The Morgan fingerprint density at radius 3 is 2.00 bits per heavy atom. The summed E-state index contributed by atoms with van der Waals surface area (Å²) in [6, 6.07) is 12.0. The summed E-state index contributed by atoms with van der Waals surface area (Å²) in [5.41, 5.74) is 6.32. The number of likely N-dealkylation sites (tertiary alicyclic amines) is 1. The van der Waals surface area contributed by atoms with Crippen LogP contribution in [-0.2, 0) is 16.6 Å². The van der Waals surface area contributed by atoms with Crippen LogP contribution in [0.15, 0.2) is 47.4 Å². The third kappa shape index (κ3) is 6.65. The summed E-state index contributed by atoms with van der Waals surface area (Å²) in [5.74, 6) is -0.129. The Kier molecular flexibility index (Phi) is 9.51. The summed E-state index contributed by atoms with van der Waals surface area (Å²) < 4.78 is 29.6. The molecule has 0 saturated carbocycles. The van der Waals surface area contributed by atoms with Crippen molar-refractivity contribution < 1.29 is 13.2 Å². The zero-order valence-electron chi connectivity index (χ0n) is 23.8. The molecule has 0 spiro atoms. The van der Waals surface area contributed by atoms with Crippen molar-refractivity contribution in [2.45, 2.75) is 58.9 Å². The Balaban J connectivity index is 1.55. The van der Waals surface area contributed by atoms with Gasteiger partial charge in [-0.15, -0.1) is 0 Å². The van der Waals surface area contributed by atoms with Crippen LogP contribution in [0.4, 0.5) is 5.69 Å². The van der Waals surface area contributed by atoms with Gasteiger partial charge in [0.25, 0.3) is 15.9 Å². The average Bonchev–Trinajstić information content (AvgIpc) is 3.44. The summed E-state index contributed by atoms with van der Waals surface area (Å²) in [4.78, 5) is 18.1. The van der Waals surface area contributed by atoms with E-state index in [1.165, 1.54) is 12.8 Å². The molecule has 0 unspecified atom stereocenters. The summed E-state index contributed by atoms with van der Waals surface area (Å²) in [7, 11) is -3.83. The van der Waals surface area contributed by atoms with E-state index in [0.29, 0.717) is 39.3 Å². The van der Waals surface area contributed by atoms with Gasteiger partial charge in [0.15, 0.2) is 0 Å². The van der Waals surface area contributed by atoms with Crippen molar-refractivity contribution in [3.63, 3.8) is 0 Å². The molecule has 4 rings (SSSR count). The summed E-state index contributed by atoms with van der Waals surface area (Å²) >= 11 is 12.3. The van der Waals surface area contributed by atoms with Crippen LogP contribution in [0.3, 0.4) is 0 Å². The number of hydrogen-bond donors (Lipinski definition) is 1. The van der Waals surface area contributed by atoms with E-state index in [2.05, 4.69) is 9.62 Å². The first-order chi connectivity index (χ1) is 18.9. The minimum absolute atomic E-state index is 0.129. The summed E-state index contributed by atoms with van der Waals surface area (Å²) in [5, 5.41) is 0.923. The van der Waals surface area contributed by atoms with E-state index in [-0.39, 0.29) is 5.91 Å². The molecule has 1 aliphatic heterocycles. The number of amides is 1. The van der Waals surface area contributed by atoms with Gasteiger partial charge in [0.2, 0.25) is 0 Å². The Hall–Kier alpha value is -2.58. The van der Waals surface area contributed by atoms with E-state index in [9.17, 15) is 13.2 Å². The summed E-state index contributed by atoms with van der Waals surface area (Å²) in [6.45, 7) is 13.4. The van der Waals surface area contributed by atoms with Crippen LogP contribution in [0.25, 0.3) is 0 Å². The Bertz CT molecular complexity index is 1490. The van der Waals surface area contributed by atoms with Crippen molar-refractivity contribution in [3.05, 3.63) is 91.5 Å². The molecule has 1 N–H and O–H groups in total.